The van der Waals surface area contributed by atoms with Gasteiger partial charge in [0.2, 0.25) is 10.0 Å². The summed E-state index contributed by atoms with van der Waals surface area (Å²) in [6.45, 7) is 0. The van der Waals surface area contributed by atoms with Crippen molar-refractivity contribution in [2.24, 2.45) is 5.14 Å². The van der Waals surface area contributed by atoms with Crippen molar-refractivity contribution < 1.29 is 17.9 Å². The molecule has 0 fully saturated rings. The average Bonchev–Trinajstić information content (AvgIpc) is 2.68. The van der Waals surface area contributed by atoms with Crippen LogP contribution in [0.4, 0.5) is 0 Å². The minimum Gasteiger partial charge on any atom is -0.497 e. The summed E-state index contributed by atoms with van der Waals surface area (Å²) in [6, 6.07) is 20.7. The van der Waals surface area contributed by atoms with Crippen LogP contribution in [-0.2, 0) is 10.0 Å². The van der Waals surface area contributed by atoms with Gasteiger partial charge in [0.15, 0.2) is 0 Å². The Kier molecular flexibility index (Phi) is 5.12. The van der Waals surface area contributed by atoms with Crippen molar-refractivity contribution in [2.45, 2.75) is 4.90 Å². The molecule has 0 aliphatic heterocycles. The minimum atomic E-state index is -4.05. The number of ether oxygens (including phenoxy) is 2. The molecule has 2 N–H and O–H groups in total. The first-order valence-electron chi connectivity index (χ1n) is 7.90. The van der Waals surface area contributed by atoms with Gasteiger partial charge >= 0.3 is 0 Å². The van der Waals surface area contributed by atoms with Crippen LogP contribution in [0.3, 0.4) is 0 Å². The van der Waals surface area contributed by atoms with E-state index in [2.05, 4.69) is 0 Å². The van der Waals surface area contributed by atoms with E-state index in [1.807, 2.05) is 36.4 Å². The Labute approximate surface area is 157 Å². The van der Waals surface area contributed by atoms with Gasteiger partial charge in [0.1, 0.15) is 22.1 Å². The SMILES string of the molecule is COc1ccc(-c2cccc(Oc3ccc(C#N)cc3S(N)(=O)=O)c2)cc1. The highest BCUT2D eigenvalue weighted by Crippen LogP contribution is 2.32. The van der Waals surface area contributed by atoms with E-state index in [0.29, 0.717) is 5.75 Å². The molecule has 0 amide bonds. The molecule has 0 bridgehead atoms. The first-order valence-corrected chi connectivity index (χ1v) is 9.44. The largest absolute Gasteiger partial charge is 0.497 e. The van der Waals surface area contributed by atoms with Crippen LogP contribution in [0.25, 0.3) is 11.1 Å². The molecule has 0 atom stereocenters. The highest BCUT2D eigenvalue weighted by molar-refractivity contribution is 7.89. The molecule has 0 aliphatic carbocycles. The van der Waals surface area contributed by atoms with Crippen LogP contribution in [0.2, 0.25) is 0 Å². The van der Waals surface area contributed by atoms with E-state index in [1.165, 1.54) is 18.2 Å². The van der Waals surface area contributed by atoms with Gasteiger partial charge in [-0.15, -0.1) is 0 Å². The Balaban J connectivity index is 1.96. The van der Waals surface area contributed by atoms with Crippen molar-refractivity contribution in [1.29, 1.82) is 5.26 Å². The standard InChI is InChI=1S/C20H16N2O4S/c1-25-17-8-6-15(7-9-17)16-3-2-4-18(12-16)26-19-10-5-14(13-21)11-20(19)27(22,23)24/h2-12H,1H3,(H2,22,23,24). The maximum absolute atomic E-state index is 11.8. The Morgan fingerprint density at radius 3 is 2.30 bits per heavy atom. The second-order valence-electron chi connectivity index (χ2n) is 5.68. The molecule has 0 aromatic heterocycles. The summed E-state index contributed by atoms with van der Waals surface area (Å²) >= 11 is 0. The third-order valence-electron chi connectivity index (χ3n) is 3.86. The number of methoxy groups -OCH3 is 1. The molecule has 6 nitrogen and oxygen atoms in total. The third kappa shape index (κ3) is 4.26. The van der Waals surface area contributed by atoms with Gasteiger partial charge in [0.05, 0.1) is 18.7 Å². The van der Waals surface area contributed by atoms with Gasteiger partial charge in [-0.3, -0.25) is 0 Å². The summed E-state index contributed by atoms with van der Waals surface area (Å²) in [5.74, 6) is 1.25. The Bertz CT molecular complexity index is 1120. The first kappa shape index (κ1) is 18.5. The van der Waals surface area contributed by atoms with Crippen LogP contribution in [0.5, 0.6) is 17.2 Å². The lowest BCUT2D eigenvalue weighted by Crippen LogP contribution is -2.13. The second kappa shape index (κ2) is 7.50. The second-order valence-corrected chi connectivity index (χ2v) is 7.21. The topological polar surface area (TPSA) is 102 Å². The molecule has 136 valence electrons. The van der Waals surface area contributed by atoms with Gasteiger partial charge in [-0.1, -0.05) is 24.3 Å². The molecule has 3 aromatic carbocycles. The van der Waals surface area contributed by atoms with Gasteiger partial charge in [-0.25, -0.2) is 13.6 Å². The fraction of sp³-hybridized carbons (Fsp3) is 0.0500. The summed E-state index contributed by atoms with van der Waals surface area (Å²) in [4.78, 5) is -0.239. The monoisotopic (exact) mass is 380 g/mol. The number of primary sulfonamides is 1. The molecule has 3 aromatic rings. The smallest absolute Gasteiger partial charge is 0.241 e. The van der Waals surface area contributed by atoms with Gasteiger partial charge < -0.3 is 9.47 Å². The Morgan fingerprint density at radius 1 is 0.926 bits per heavy atom. The van der Waals surface area contributed by atoms with E-state index in [1.54, 1.807) is 25.3 Å². The molecule has 0 saturated heterocycles. The summed E-state index contributed by atoms with van der Waals surface area (Å²) < 4.78 is 34.6. The lowest BCUT2D eigenvalue weighted by Gasteiger charge is -2.11. The highest BCUT2D eigenvalue weighted by Gasteiger charge is 2.17. The molecular formula is C20H16N2O4S. The van der Waals surface area contributed by atoms with Crippen LogP contribution in [-0.4, -0.2) is 15.5 Å². The first-order chi connectivity index (χ1) is 12.9. The number of sulfonamides is 1. The predicted molar refractivity (Wildman–Crippen MR) is 101 cm³/mol. The van der Waals surface area contributed by atoms with Gasteiger partial charge in [-0.05, 0) is 53.6 Å². The van der Waals surface area contributed by atoms with Crippen LogP contribution in [0.15, 0.2) is 71.6 Å². The molecule has 0 spiro atoms. The summed E-state index contributed by atoms with van der Waals surface area (Å²) in [5.41, 5.74) is 2.02. The van der Waals surface area contributed by atoms with Gasteiger partial charge in [0.25, 0.3) is 0 Å². The maximum Gasteiger partial charge on any atom is 0.241 e. The zero-order valence-corrected chi connectivity index (χ0v) is 15.2. The Hall–Kier alpha value is -3.34. The number of hydrogen-bond donors (Lipinski definition) is 1. The fourth-order valence-electron chi connectivity index (χ4n) is 2.53. The number of nitrogens with zero attached hydrogens (tertiary/aromatic N) is 1. The summed E-state index contributed by atoms with van der Waals surface area (Å²) in [7, 11) is -2.44. The highest BCUT2D eigenvalue weighted by atomic mass is 32.2. The normalized spacial score (nSPS) is 10.9. The molecule has 0 saturated carbocycles. The average molecular weight is 380 g/mol. The van der Waals surface area contributed by atoms with Crippen LogP contribution < -0.4 is 14.6 Å². The van der Waals surface area contributed by atoms with E-state index in [0.717, 1.165) is 16.9 Å². The van der Waals surface area contributed by atoms with Crippen LogP contribution >= 0.6 is 0 Å². The van der Waals surface area contributed by atoms with E-state index in [4.69, 9.17) is 19.9 Å². The van der Waals surface area contributed by atoms with Crippen LogP contribution in [0.1, 0.15) is 5.56 Å². The number of nitriles is 1. The van der Waals surface area contributed by atoms with E-state index < -0.39 is 10.0 Å². The zero-order chi connectivity index (χ0) is 19.4. The predicted octanol–water partition coefficient (Wildman–Crippen LogP) is 3.67. The molecule has 0 aliphatic rings. The van der Waals surface area contributed by atoms with E-state index in [9.17, 15) is 8.42 Å². The lowest BCUT2D eigenvalue weighted by molar-refractivity contribution is 0.415. The molecule has 0 radical (unpaired) electrons. The van der Waals surface area contributed by atoms with Crippen molar-refractivity contribution in [2.75, 3.05) is 7.11 Å². The minimum absolute atomic E-state index is 0.0587. The summed E-state index contributed by atoms with van der Waals surface area (Å²) in [6.07, 6.45) is 0. The van der Waals surface area contributed by atoms with E-state index in [-0.39, 0.29) is 16.2 Å². The van der Waals surface area contributed by atoms with Crippen molar-refractivity contribution in [3.05, 3.63) is 72.3 Å². The molecular weight excluding hydrogens is 364 g/mol. The number of benzene rings is 3. The number of hydrogen-bond acceptors (Lipinski definition) is 5. The lowest BCUT2D eigenvalue weighted by atomic mass is 10.1. The molecule has 0 heterocycles. The number of nitrogens with two attached hydrogens (primary N) is 1. The van der Waals surface area contributed by atoms with Crippen molar-refractivity contribution in [1.82, 2.24) is 0 Å². The quantitative estimate of drug-likeness (QED) is 0.727. The molecule has 3 rings (SSSR count). The molecule has 7 heteroatoms. The van der Waals surface area contributed by atoms with Crippen molar-refractivity contribution in [3.63, 3.8) is 0 Å². The van der Waals surface area contributed by atoms with Crippen molar-refractivity contribution in [3.8, 4) is 34.4 Å². The third-order valence-corrected chi connectivity index (χ3v) is 4.80. The Morgan fingerprint density at radius 2 is 1.67 bits per heavy atom. The van der Waals surface area contributed by atoms with Gasteiger partial charge in [-0.2, -0.15) is 5.26 Å². The number of rotatable bonds is 5. The summed E-state index contributed by atoms with van der Waals surface area (Å²) in [5, 5.41) is 14.2. The van der Waals surface area contributed by atoms with E-state index >= 15 is 0 Å². The molecule has 0 unspecified atom stereocenters. The molecule has 27 heavy (non-hydrogen) atoms. The zero-order valence-electron chi connectivity index (χ0n) is 14.4. The van der Waals surface area contributed by atoms with Crippen LogP contribution in [0, 0.1) is 11.3 Å². The fourth-order valence-corrected chi connectivity index (χ4v) is 3.22. The van der Waals surface area contributed by atoms with Gasteiger partial charge in [0, 0.05) is 0 Å². The van der Waals surface area contributed by atoms with Crippen molar-refractivity contribution >= 4 is 10.0 Å². The maximum atomic E-state index is 11.8.